The number of aryl methyl sites for hydroxylation is 1. The van der Waals surface area contributed by atoms with Gasteiger partial charge in [-0.15, -0.1) is 0 Å². The Bertz CT molecular complexity index is 1690. The summed E-state index contributed by atoms with van der Waals surface area (Å²) >= 11 is 2.37. The van der Waals surface area contributed by atoms with Gasteiger partial charge < -0.3 is 20.2 Å². The summed E-state index contributed by atoms with van der Waals surface area (Å²) < 4.78 is 12.6. The summed E-state index contributed by atoms with van der Waals surface area (Å²) in [6.07, 6.45) is 5.13. The van der Waals surface area contributed by atoms with Crippen molar-refractivity contribution in [2.24, 2.45) is 0 Å². The first-order chi connectivity index (χ1) is 24.2. The van der Waals surface area contributed by atoms with Gasteiger partial charge in [0.05, 0.1) is 6.10 Å². The molecular weight excluding hydrogens is 675 g/mol. The van der Waals surface area contributed by atoms with Crippen LogP contribution < -0.4 is 5.32 Å². The molecule has 3 N–H and O–H groups in total. The Balaban J connectivity index is 1.08. The Morgan fingerprint density at radius 2 is 1.76 bits per heavy atom. The number of H-pyrrole nitrogens is 1. The van der Waals surface area contributed by atoms with Crippen LogP contribution in [0.5, 0.6) is 0 Å². The Morgan fingerprint density at radius 1 is 1.06 bits per heavy atom. The number of likely N-dealkylation sites (tertiary alicyclic amines) is 3. The molecule has 4 heterocycles. The minimum absolute atomic E-state index is 0.151. The van der Waals surface area contributed by atoms with Crippen molar-refractivity contribution in [2.45, 2.75) is 82.6 Å². The molecule has 3 aromatic rings. The number of amides is 3. The summed E-state index contributed by atoms with van der Waals surface area (Å²) in [5.41, 5.74) is 5.41. The topological polar surface area (TPSA) is 135 Å². The number of nitrogens with one attached hydrogen (secondary N) is 2. The number of aliphatic hydroxyl groups is 1. The van der Waals surface area contributed by atoms with Gasteiger partial charge in [0.2, 0.25) is 6.41 Å². The molecule has 1 unspecified atom stereocenters. The van der Waals surface area contributed by atoms with Crippen molar-refractivity contribution in [3.63, 3.8) is 0 Å². The molecule has 0 saturated carbocycles. The predicted octanol–water partition coefficient (Wildman–Crippen LogP) is 3.85. The molecule has 13 heteroatoms. The fourth-order valence-corrected chi connectivity index (χ4v) is 8.16. The number of hydrogen-bond donors (Lipinski definition) is 3. The summed E-state index contributed by atoms with van der Waals surface area (Å²) in [7, 11) is 2.11. The molecule has 3 fully saturated rings. The molecule has 269 valence electrons. The van der Waals surface area contributed by atoms with E-state index in [4.69, 9.17) is 9.15 Å². The number of rotatable bonds is 11. The van der Waals surface area contributed by atoms with Crippen molar-refractivity contribution >= 4 is 35.2 Å². The van der Waals surface area contributed by atoms with Crippen molar-refractivity contribution in [1.82, 2.24) is 24.6 Å². The number of nitrogens with zero attached hydrogens (tertiary/aromatic N) is 4. The first kappa shape index (κ1) is 36.4. The van der Waals surface area contributed by atoms with Crippen molar-refractivity contribution < 1.29 is 45.6 Å². The van der Waals surface area contributed by atoms with Crippen LogP contribution in [0.25, 0.3) is 11.1 Å². The van der Waals surface area contributed by atoms with Crippen LogP contribution in [0, 0.1) is 11.1 Å². The van der Waals surface area contributed by atoms with Gasteiger partial charge in [-0.05, 0) is 37.9 Å². The fraction of sp³-hybridized carbons (Fsp3) is 0.568. The predicted molar refractivity (Wildman–Crippen MR) is 186 cm³/mol. The van der Waals surface area contributed by atoms with Crippen LogP contribution in [0.2, 0.25) is 0 Å². The summed E-state index contributed by atoms with van der Waals surface area (Å²) in [6.45, 7) is 6.96. The molecule has 0 spiro atoms. The number of oxazole rings is 1. The van der Waals surface area contributed by atoms with E-state index in [0.717, 1.165) is 92.5 Å². The van der Waals surface area contributed by atoms with Crippen molar-refractivity contribution in [3.8, 4) is 0 Å². The number of hydrogen-bond acceptors (Lipinski definition) is 8. The van der Waals surface area contributed by atoms with E-state index >= 15 is 0 Å². The van der Waals surface area contributed by atoms with Crippen LogP contribution in [-0.2, 0) is 44.1 Å². The van der Waals surface area contributed by atoms with E-state index in [1.807, 2.05) is 48.2 Å². The molecule has 50 heavy (non-hydrogen) atoms. The molecule has 12 nitrogen and oxygen atoms in total. The third kappa shape index (κ3) is 8.89. The second-order valence-corrected chi connectivity index (χ2v) is 14.7. The summed E-state index contributed by atoms with van der Waals surface area (Å²) in [5, 5.41) is 12.7. The van der Waals surface area contributed by atoms with Gasteiger partial charge in [0.25, 0.3) is 0 Å². The molecule has 3 amide bonds. The number of benzene rings is 2. The first-order valence-electron chi connectivity index (χ1n) is 18.0. The number of anilines is 1. The molecule has 1 atom stereocenters. The van der Waals surface area contributed by atoms with E-state index in [9.17, 15) is 19.5 Å². The quantitative estimate of drug-likeness (QED) is 0.254. The number of carbonyl (C=O) groups is 3. The average molecular weight is 726 g/mol. The van der Waals surface area contributed by atoms with E-state index in [2.05, 4.69) is 44.1 Å². The number of piperidine rings is 3. The van der Waals surface area contributed by atoms with Crippen LogP contribution in [-0.4, -0.2) is 125 Å². The zero-order valence-corrected chi connectivity index (χ0v) is 30.6. The number of likely N-dealkylation sites (N-methyl/N-ethyl adjacent to an activating group) is 1. The van der Waals surface area contributed by atoms with Crippen molar-refractivity contribution in [3.05, 3.63) is 57.3 Å². The summed E-state index contributed by atoms with van der Waals surface area (Å²) in [6, 6.07) is 12.5. The summed E-state index contributed by atoms with van der Waals surface area (Å²) in [5.74, 6) is -0.151. The van der Waals surface area contributed by atoms with Crippen LogP contribution in [0.15, 0.2) is 40.8 Å². The Kier molecular flexibility index (Phi) is 12.2. The second-order valence-electron chi connectivity index (χ2n) is 14.1. The van der Waals surface area contributed by atoms with E-state index in [-0.39, 0.29) is 18.4 Å². The molecule has 0 radical (unpaired) electrons. The van der Waals surface area contributed by atoms with Crippen LogP contribution in [0.1, 0.15) is 55.2 Å². The average Bonchev–Trinajstić information content (AvgIpc) is 3.51. The van der Waals surface area contributed by atoms with Crippen molar-refractivity contribution in [2.75, 3.05) is 58.2 Å². The van der Waals surface area contributed by atoms with Gasteiger partial charge in [0.1, 0.15) is 0 Å². The maximum atomic E-state index is 14.1. The van der Waals surface area contributed by atoms with Gasteiger partial charge in [0.15, 0.2) is 0 Å². The van der Waals surface area contributed by atoms with Gasteiger partial charge in [-0.3, -0.25) is 4.79 Å². The van der Waals surface area contributed by atoms with Crippen LogP contribution in [0.4, 0.5) is 10.5 Å². The first-order valence-corrected chi connectivity index (χ1v) is 18.7. The van der Waals surface area contributed by atoms with Crippen molar-refractivity contribution in [1.29, 1.82) is 0 Å². The van der Waals surface area contributed by atoms with E-state index in [0.29, 0.717) is 54.5 Å². The Labute approximate surface area is 302 Å². The molecule has 3 aliphatic rings. The van der Waals surface area contributed by atoms with Gasteiger partial charge in [0, 0.05) is 31.4 Å². The molecule has 0 aliphatic carbocycles. The van der Waals surface area contributed by atoms with E-state index < -0.39 is 12.2 Å². The molecule has 3 aliphatic heterocycles. The molecule has 0 bridgehead atoms. The normalized spacial score (nSPS) is 19.2. The van der Waals surface area contributed by atoms with Gasteiger partial charge in [-0.1, -0.05) is 18.2 Å². The molecule has 3 saturated heterocycles. The SMILES string of the molecule is Cc1cc(CC(OC(=O)N2CCC(N(C)CCc3ccccc3NC=O)CC2)C(=O)N2CCC(N3CCC(O)CC3)CC2)cc2o[c](=[V])[nH]c12. The number of aromatic nitrogens is 1. The molecule has 2 aromatic carbocycles. The zero-order valence-electron chi connectivity index (χ0n) is 29.2. The number of ether oxygens (including phenoxy) is 1. The monoisotopic (exact) mass is 725 g/mol. The van der Waals surface area contributed by atoms with Gasteiger partial charge in [-0.2, -0.15) is 0 Å². The fourth-order valence-electron chi connectivity index (χ4n) is 7.83. The Morgan fingerprint density at radius 3 is 2.48 bits per heavy atom. The standard InChI is InChI=1S/C37H50N6O6.V/c1-26-21-27(22-33-35(26)39-25-48-33)23-34(36(46)42-15-10-30(11-16-42)41-19-12-31(45)13-20-41)49-37(47)43-17-8-29(9-18-43)40(2)14-7-28-5-3-4-6-32(28)38-24-44;/h3-6,21-22,24,29-31,34,39,45H,7-20,23H2,1-2H3,(H,38,44);. The Hall–Kier alpha value is -3.42. The zero-order chi connectivity index (χ0) is 35.2. The number of carbonyl (C=O) groups excluding carboxylic acids is 3. The third-order valence-corrected chi connectivity index (χ3v) is 11.2. The number of aliphatic hydroxyl groups excluding tert-OH is 1. The molecule has 1 aromatic heterocycles. The van der Waals surface area contributed by atoms with E-state index in [1.165, 1.54) is 0 Å². The maximum absolute atomic E-state index is 14.1. The second kappa shape index (κ2) is 16.7. The molecular formula is C37H50N6O6V. The summed E-state index contributed by atoms with van der Waals surface area (Å²) in [4.78, 5) is 50.4. The van der Waals surface area contributed by atoms with Gasteiger partial charge >= 0.3 is 178 Å². The number of fused-ring (bicyclic) bond motifs is 1. The number of para-hydroxylation sites is 1. The van der Waals surface area contributed by atoms with Crippen LogP contribution in [0.3, 0.4) is 0 Å². The van der Waals surface area contributed by atoms with Gasteiger partial charge in [-0.25, -0.2) is 0 Å². The van der Waals surface area contributed by atoms with Crippen LogP contribution >= 0.6 is 0 Å². The van der Waals surface area contributed by atoms with E-state index in [1.54, 1.807) is 4.90 Å². The minimum atomic E-state index is -0.947. The third-order valence-electron chi connectivity index (χ3n) is 10.8. The number of aromatic amines is 1. The molecule has 6 rings (SSSR count).